The third-order valence-electron chi connectivity index (χ3n) is 4.66. The molecule has 0 spiro atoms. The number of hydrogen-bond donors (Lipinski definition) is 1. The SMILES string of the molecule is COc1ccc(C2CCN(C(=O)[C@@H]3CC[C@H](C(=O)O)O3)C2)cc1. The monoisotopic (exact) mass is 319 g/mol. The number of carboxylic acid groups (broad SMARTS) is 1. The molecule has 0 saturated carbocycles. The number of methoxy groups -OCH3 is 1. The lowest BCUT2D eigenvalue weighted by Gasteiger charge is -2.20. The molecule has 1 aromatic rings. The number of benzene rings is 1. The van der Waals surface area contributed by atoms with Crippen molar-refractivity contribution in [3.05, 3.63) is 29.8 Å². The van der Waals surface area contributed by atoms with Gasteiger partial charge in [0.05, 0.1) is 7.11 Å². The zero-order valence-electron chi connectivity index (χ0n) is 13.1. The van der Waals surface area contributed by atoms with Gasteiger partial charge >= 0.3 is 5.97 Å². The summed E-state index contributed by atoms with van der Waals surface area (Å²) in [5.74, 6) is 0.0582. The predicted molar refractivity (Wildman–Crippen MR) is 82.5 cm³/mol. The number of ether oxygens (including phenoxy) is 2. The topological polar surface area (TPSA) is 76.1 Å². The minimum Gasteiger partial charge on any atom is -0.497 e. The Kier molecular flexibility index (Phi) is 4.52. The summed E-state index contributed by atoms with van der Waals surface area (Å²) in [5.41, 5.74) is 1.19. The van der Waals surface area contributed by atoms with E-state index in [1.807, 2.05) is 24.3 Å². The van der Waals surface area contributed by atoms with E-state index >= 15 is 0 Å². The maximum atomic E-state index is 12.5. The second kappa shape index (κ2) is 6.58. The molecular weight excluding hydrogens is 298 g/mol. The molecule has 1 unspecified atom stereocenters. The predicted octanol–water partition coefficient (Wildman–Crippen LogP) is 1.64. The first-order chi connectivity index (χ1) is 11.1. The average Bonchev–Trinajstić information content (AvgIpc) is 3.24. The van der Waals surface area contributed by atoms with Gasteiger partial charge in [0.25, 0.3) is 5.91 Å². The number of aliphatic carboxylic acids is 1. The third kappa shape index (κ3) is 3.32. The molecule has 6 heteroatoms. The van der Waals surface area contributed by atoms with E-state index in [1.165, 1.54) is 5.56 Å². The number of carboxylic acids is 1. The van der Waals surface area contributed by atoms with E-state index in [9.17, 15) is 9.59 Å². The summed E-state index contributed by atoms with van der Waals surface area (Å²) in [7, 11) is 1.64. The highest BCUT2D eigenvalue weighted by molar-refractivity contribution is 5.83. The molecule has 0 aromatic heterocycles. The van der Waals surface area contributed by atoms with Crippen LogP contribution in [0.15, 0.2) is 24.3 Å². The molecule has 2 heterocycles. The molecular formula is C17H21NO5. The second-order valence-electron chi connectivity index (χ2n) is 6.07. The van der Waals surface area contributed by atoms with Crippen LogP contribution in [0.4, 0.5) is 0 Å². The first kappa shape index (κ1) is 15.8. The van der Waals surface area contributed by atoms with Crippen LogP contribution in [0.25, 0.3) is 0 Å². The van der Waals surface area contributed by atoms with Crippen molar-refractivity contribution >= 4 is 11.9 Å². The lowest BCUT2D eigenvalue weighted by Crippen LogP contribution is -2.38. The van der Waals surface area contributed by atoms with Crippen LogP contribution in [0, 0.1) is 0 Å². The van der Waals surface area contributed by atoms with Gasteiger partial charge in [-0.25, -0.2) is 4.79 Å². The molecule has 0 radical (unpaired) electrons. The largest absolute Gasteiger partial charge is 0.497 e. The Hall–Kier alpha value is -2.08. The average molecular weight is 319 g/mol. The summed E-state index contributed by atoms with van der Waals surface area (Å²) in [6.45, 7) is 1.34. The molecule has 1 amide bonds. The van der Waals surface area contributed by atoms with Crippen LogP contribution < -0.4 is 4.74 Å². The van der Waals surface area contributed by atoms with Gasteiger partial charge in [0.15, 0.2) is 6.10 Å². The summed E-state index contributed by atoms with van der Waals surface area (Å²) in [4.78, 5) is 25.2. The lowest BCUT2D eigenvalue weighted by atomic mass is 9.98. The van der Waals surface area contributed by atoms with E-state index in [2.05, 4.69) is 0 Å². The Morgan fingerprint density at radius 1 is 1.17 bits per heavy atom. The summed E-state index contributed by atoms with van der Waals surface area (Å²) in [6.07, 6.45) is 0.350. The Bertz CT molecular complexity index is 585. The molecule has 6 nitrogen and oxygen atoms in total. The number of rotatable bonds is 4. The van der Waals surface area contributed by atoms with Gasteiger partial charge < -0.3 is 19.5 Å². The lowest BCUT2D eigenvalue weighted by molar-refractivity contribution is -0.154. The fourth-order valence-corrected chi connectivity index (χ4v) is 3.31. The van der Waals surface area contributed by atoms with Crippen molar-refractivity contribution in [3.63, 3.8) is 0 Å². The fourth-order valence-electron chi connectivity index (χ4n) is 3.31. The Balaban J connectivity index is 1.58. The highest BCUT2D eigenvalue weighted by atomic mass is 16.5. The number of carbonyl (C=O) groups is 2. The molecule has 3 rings (SSSR count). The number of nitrogens with zero attached hydrogens (tertiary/aromatic N) is 1. The Labute approximate surface area is 135 Å². The summed E-state index contributed by atoms with van der Waals surface area (Å²) >= 11 is 0. The summed E-state index contributed by atoms with van der Waals surface area (Å²) in [6, 6.07) is 7.92. The van der Waals surface area contributed by atoms with Crippen molar-refractivity contribution in [2.24, 2.45) is 0 Å². The van der Waals surface area contributed by atoms with Gasteiger partial charge in [-0.2, -0.15) is 0 Å². The van der Waals surface area contributed by atoms with Crippen LogP contribution in [-0.2, 0) is 14.3 Å². The smallest absolute Gasteiger partial charge is 0.332 e. The minimum atomic E-state index is -0.988. The van der Waals surface area contributed by atoms with Gasteiger partial charge in [0.1, 0.15) is 11.9 Å². The van der Waals surface area contributed by atoms with E-state index < -0.39 is 18.2 Å². The molecule has 2 saturated heterocycles. The molecule has 0 bridgehead atoms. The van der Waals surface area contributed by atoms with Crippen LogP contribution in [0.2, 0.25) is 0 Å². The van der Waals surface area contributed by atoms with Crippen molar-refractivity contribution in [2.75, 3.05) is 20.2 Å². The van der Waals surface area contributed by atoms with Crippen LogP contribution in [0.1, 0.15) is 30.7 Å². The van der Waals surface area contributed by atoms with Crippen LogP contribution in [0.3, 0.4) is 0 Å². The van der Waals surface area contributed by atoms with E-state index in [0.29, 0.717) is 31.8 Å². The quantitative estimate of drug-likeness (QED) is 0.913. The Morgan fingerprint density at radius 2 is 1.87 bits per heavy atom. The van der Waals surface area contributed by atoms with Gasteiger partial charge in [-0.1, -0.05) is 12.1 Å². The van der Waals surface area contributed by atoms with Gasteiger partial charge in [-0.3, -0.25) is 4.79 Å². The number of amides is 1. The van der Waals surface area contributed by atoms with Crippen molar-refractivity contribution in [1.29, 1.82) is 0 Å². The van der Waals surface area contributed by atoms with Crippen molar-refractivity contribution < 1.29 is 24.2 Å². The Morgan fingerprint density at radius 3 is 2.48 bits per heavy atom. The molecule has 0 aliphatic carbocycles. The zero-order valence-corrected chi connectivity index (χ0v) is 13.1. The van der Waals surface area contributed by atoms with Gasteiger partial charge in [0, 0.05) is 19.0 Å². The standard InChI is InChI=1S/C17H21NO5/c1-22-13-4-2-11(3-5-13)12-8-9-18(10-12)16(19)14-6-7-15(23-14)17(20)21/h2-5,12,14-15H,6-10H2,1H3,(H,20,21)/t12?,14-,15+/m0/s1. The minimum absolute atomic E-state index is 0.0789. The first-order valence-corrected chi connectivity index (χ1v) is 7.89. The number of likely N-dealkylation sites (tertiary alicyclic amines) is 1. The van der Waals surface area contributed by atoms with E-state index in [1.54, 1.807) is 12.0 Å². The molecule has 3 atom stereocenters. The fraction of sp³-hybridized carbons (Fsp3) is 0.529. The normalized spacial score (nSPS) is 27.2. The number of carbonyl (C=O) groups excluding carboxylic acids is 1. The highest BCUT2D eigenvalue weighted by Gasteiger charge is 2.38. The molecule has 1 aromatic carbocycles. The highest BCUT2D eigenvalue weighted by Crippen LogP contribution is 2.30. The van der Waals surface area contributed by atoms with Gasteiger partial charge in [-0.05, 0) is 37.0 Å². The molecule has 23 heavy (non-hydrogen) atoms. The maximum absolute atomic E-state index is 12.5. The number of hydrogen-bond acceptors (Lipinski definition) is 4. The van der Waals surface area contributed by atoms with Gasteiger partial charge in [-0.15, -0.1) is 0 Å². The van der Waals surface area contributed by atoms with E-state index in [-0.39, 0.29) is 5.91 Å². The first-order valence-electron chi connectivity index (χ1n) is 7.89. The van der Waals surface area contributed by atoms with Crippen LogP contribution in [-0.4, -0.2) is 54.3 Å². The van der Waals surface area contributed by atoms with Gasteiger partial charge in [0.2, 0.25) is 0 Å². The molecule has 2 aliphatic rings. The maximum Gasteiger partial charge on any atom is 0.332 e. The van der Waals surface area contributed by atoms with E-state index in [4.69, 9.17) is 14.6 Å². The van der Waals surface area contributed by atoms with E-state index in [0.717, 1.165) is 12.2 Å². The zero-order chi connectivity index (χ0) is 16.4. The van der Waals surface area contributed by atoms with Crippen molar-refractivity contribution in [1.82, 2.24) is 4.90 Å². The molecule has 2 fully saturated rings. The summed E-state index contributed by atoms with van der Waals surface area (Å²) in [5, 5.41) is 8.95. The molecule has 1 N–H and O–H groups in total. The second-order valence-corrected chi connectivity index (χ2v) is 6.07. The molecule has 2 aliphatic heterocycles. The molecule has 124 valence electrons. The van der Waals surface area contributed by atoms with Crippen molar-refractivity contribution in [3.8, 4) is 5.75 Å². The third-order valence-corrected chi connectivity index (χ3v) is 4.66. The van der Waals surface area contributed by atoms with Crippen LogP contribution in [0.5, 0.6) is 5.75 Å². The van der Waals surface area contributed by atoms with Crippen LogP contribution >= 0.6 is 0 Å². The summed E-state index contributed by atoms with van der Waals surface area (Å²) < 4.78 is 10.5. The van der Waals surface area contributed by atoms with Crippen molar-refractivity contribution in [2.45, 2.75) is 37.4 Å².